The molecule has 1 aromatic carbocycles. The summed E-state index contributed by atoms with van der Waals surface area (Å²) >= 11 is 7.46. The molecule has 0 aliphatic rings. The zero-order chi connectivity index (χ0) is 19.8. The minimum atomic E-state index is -0.227. The summed E-state index contributed by atoms with van der Waals surface area (Å²) in [5.41, 5.74) is 1.84. The first-order chi connectivity index (χ1) is 12.9. The number of anilines is 1. The lowest BCUT2D eigenvalue weighted by Crippen LogP contribution is -2.41. The van der Waals surface area contributed by atoms with Crippen LogP contribution >= 0.6 is 22.9 Å². The lowest BCUT2D eigenvalue weighted by Gasteiger charge is -2.23. The fourth-order valence-electron chi connectivity index (χ4n) is 2.48. The van der Waals surface area contributed by atoms with Crippen LogP contribution in [0.2, 0.25) is 4.34 Å². The Morgan fingerprint density at radius 3 is 2.48 bits per heavy atom. The zero-order valence-corrected chi connectivity index (χ0v) is 17.1. The maximum atomic E-state index is 12.5. The number of benzene rings is 1. The number of nitrogens with zero attached hydrogens (tertiary/aromatic N) is 2. The molecule has 0 saturated carbocycles. The van der Waals surface area contributed by atoms with E-state index < -0.39 is 0 Å². The summed E-state index contributed by atoms with van der Waals surface area (Å²) in [6.07, 6.45) is 1.76. The number of halogens is 1. The van der Waals surface area contributed by atoms with Gasteiger partial charge in [-0.25, -0.2) is 0 Å². The van der Waals surface area contributed by atoms with Gasteiger partial charge in [0.25, 0.3) is 0 Å². The van der Waals surface area contributed by atoms with E-state index in [1.165, 1.54) is 16.2 Å². The highest BCUT2D eigenvalue weighted by atomic mass is 35.5. The van der Waals surface area contributed by atoms with Gasteiger partial charge in [0.1, 0.15) is 0 Å². The molecule has 0 bridgehead atoms. The van der Waals surface area contributed by atoms with E-state index >= 15 is 0 Å². The van der Waals surface area contributed by atoms with E-state index in [9.17, 15) is 9.59 Å². The molecule has 2 aromatic rings. The van der Waals surface area contributed by atoms with Crippen molar-refractivity contribution in [2.24, 2.45) is 0 Å². The molecule has 1 N–H and O–H groups in total. The highest BCUT2D eigenvalue weighted by Crippen LogP contribution is 2.22. The Hall–Kier alpha value is -2.15. The average Bonchev–Trinajstić information content (AvgIpc) is 3.01. The second-order valence-electron chi connectivity index (χ2n) is 6.33. The molecule has 2 rings (SSSR count). The van der Waals surface area contributed by atoms with Crippen molar-refractivity contribution in [3.05, 3.63) is 63.8 Å². The van der Waals surface area contributed by atoms with E-state index in [1.807, 2.05) is 48.2 Å². The average molecular weight is 406 g/mol. The van der Waals surface area contributed by atoms with E-state index in [2.05, 4.69) is 11.9 Å². The third-order valence-corrected chi connectivity index (χ3v) is 5.11. The van der Waals surface area contributed by atoms with Gasteiger partial charge in [0.05, 0.1) is 17.4 Å². The van der Waals surface area contributed by atoms with Gasteiger partial charge < -0.3 is 10.2 Å². The molecule has 1 heterocycles. The summed E-state index contributed by atoms with van der Waals surface area (Å²) < 4.78 is 0.722. The molecule has 0 aliphatic carbocycles. The van der Waals surface area contributed by atoms with Crippen molar-refractivity contribution in [2.75, 3.05) is 32.0 Å². The smallest absolute Gasteiger partial charge is 0.243 e. The molecular weight excluding hydrogens is 382 g/mol. The molecule has 2 amide bonds. The van der Waals surface area contributed by atoms with Crippen LogP contribution in [0.5, 0.6) is 0 Å². The highest BCUT2D eigenvalue weighted by Gasteiger charge is 2.17. The number of carbonyl (C=O) groups is 2. The van der Waals surface area contributed by atoms with Gasteiger partial charge in [-0.15, -0.1) is 17.9 Å². The van der Waals surface area contributed by atoms with E-state index in [-0.39, 0.29) is 24.9 Å². The van der Waals surface area contributed by atoms with Gasteiger partial charge in [0.15, 0.2) is 0 Å². The molecule has 0 fully saturated rings. The molecule has 0 radical (unpaired) electrons. The highest BCUT2D eigenvalue weighted by molar-refractivity contribution is 7.16. The van der Waals surface area contributed by atoms with Crippen LogP contribution in [-0.2, 0) is 16.1 Å². The maximum Gasteiger partial charge on any atom is 0.243 e. The molecule has 0 spiro atoms. The van der Waals surface area contributed by atoms with Gasteiger partial charge in [-0.3, -0.25) is 14.5 Å². The van der Waals surface area contributed by atoms with Crippen molar-refractivity contribution >= 4 is 40.4 Å². The molecule has 1 aromatic heterocycles. The number of hydrogen-bond acceptors (Lipinski definition) is 4. The summed E-state index contributed by atoms with van der Waals surface area (Å²) in [7, 11) is 1.63. The normalized spacial score (nSPS) is 10.7. The number of rotatable bonds is 9. The van der Waals surface area contributed by atoms with Crippen molar-refractivity contribution in [3.8, 4) is 0 Å². The van der Waals surface area contributed by atoms with Gasteiger partial charge in [-0.2, -0.15) is 0 Å². The Bertz CT molecular complexity index is 789. The van der Waals surface area contributed by atoms with E-state index in [0.717, 1.165) is 14.8 Å². The molecule has 0 aliphatic heterocycles. The van der Waals surface area contributed by atoms with Crippen LogP contribution in [0, 0.1) is 6.92 Å². The van der Waals surface area contributed by atoms with Gasteiger partial charge in [0.2, 0.25) is 11.8 Å². The first kappa shape index (κ1) is 21.2. The summed E-state index contributed by atoms with van der Waals surface area (Å²) in [5.74, 6) is -0.353. The van der Waals surface area contributed by atoms with E-state index in [0.29, 0.717) is 18.8 Å². The number of likely N-dealkylation sites (N-methyl/N-ethyl adjacent to an activating group) is 1. The number of carbonyl (C=O) groups excluding carboxylic acids is 2. The number of aryl methyl sites for hydroxylation is 1. The SMILES string of the molecule is C=CCN(CC(=O)N(C)CC(=O)Nc1ccc(C)cc1)Cc1ccc(Cl)s1. The zero-order valence-electron chi connectivity index (χ0n) is 15.6. The van der Waals surface area contributed by atoms with Crippen LogP contribution in [-0.4, -0.2) is 48.3 Å². The molecular formula is C20H24ClN3O2S. The Balaban J connectivity index is 1.86. The van der Waals surface area contributed by atoms with Crippen LogP contribution in [0.25, 0.3) is 0 Å². The third kappa shape index (κ3) is 7.17. The number of thiophene rings is 1. The molecule has 7 heteroatoms. The summed E-state index contributed by atoms with van der Waals surface area (Å²) in [6, 6.07) is 11.3. The van der Waals surface area contributed by atoms with Crippen molar-refractivity contribution in [3.63, 3.8) is 0 Å². The van der Waals surface area contributed by atoms with Crippen molar-refractivity contribution in [1.82, 2.24) is 9.80 Å². The van der Waals surface area contributed by atoms with Gasteiger partial charge in [-0.05, 0) is 31.2 Å². The molecule has 5 nitrogen and oxygen atoms in total. The van der Waals surface area contributed by atoms with Gasteiger partial charge in [-0.1, -0.05) is 35.4 Å². The maximum absolute atomic E-state index is 12.5. The molecule has 27 heavy (non-hydrogen) atoms. The summed E-state index contributed by atoms with van der Waals surface area (Å²) in [6.45, 7) is 7.12. The van der Waals surface area contributed by atoms with Gasteiger partial charge in [0, 0.05) is 30.7 Å². The van der Waals surface area contributed by atoms with Crippen molar-refractivity contribution in [2.45, 2.75) is 13.5 Å². The quantitative estimate of drug-likeness (QED) is 0.645. The van der Waals surface area contributed by atoms with Crippen molar-refractivity contribution < 1.29 is 9.59 Å². The lowest BCUT2D eigenvalue weighted by molar-refractivity contribution is -0.134. The predicted octanol–water partition coefficient (Wildman–Crippen LogP) is 3.80. The second kappa shape index (κ2) is 10.3. The monoisotopic (exact) mass is 405 g/mol. The fraction of sp³-hybridized carbons (Fsp3) is 0.300. The van der Waals surface area contributed by atoms with E-state index in [1.54, 1.807) is 13.1 Å². The Morgan fingerprint density at radius 2 is 1.89 bits per heavy atom. The summed E-state index contributed by atoms with van der Waals surface area (Å²) in [5, 5.41) is 2.80. The van der Waals surface area contributed by atoms with Crippen LogP contribution in [0.3, 0.4) is 0 Å². The van der Waals surface area contributed by atoms with Crippen LogP contribution in [0.4, 0.5) is 5.69 Å². The van der Waals surface area contributed by atoms with Gasteiger partial charge >= 0.3 is 0 Å². The Kier molecular flexibility index (Phi) is 8.03. The number of nitrogens with one attached hydrogen (secondary N) is 1. The van der Waals surface area contributed by atoms with Crippen LogP contribution in [0.1, 0.15) is 10.4 Å². The van der Waals surface area contributed by atoms with Crippen LogP contribution in [0.15, 0.2) is 49.1 Å². The second-order valence-corrected chi connectivity index (χ2v) is 8.13. The Morgan fingerprint density at radius 1 is 1.19 bits per heavy atom. The minimum Gasteiger partial charge on any atom is -0.335 e. The number of hydrogen-bond donors (Lipinski definition) is 1. The first-order valence-electron chi connectivity index (χ1n) is 8.55. The Labute approximate surface area is 169 Å². The van der Waals surface area contributed by atoms with E-state index in [4.69, 9.17) is 11.6 Å². The van der Waals surface area contributed by atoms with Crippen molar-refractivity contribution in [1.29, 1.82) is 0 Å². The van der Waals surface area contributed by atoms with Crippen LogP contribution < -0.4 is 5.32 Å². The third-order valence-electron chi connectivity index (χ3n) is 3.90. The predicted molar refractivity (Wildman–Crippen MR) is 112 cm³/mol. The summed E-state index contributed by atoms with van der Waals surface area (Å²) in [4.78, 5) is 29.1. The lowest BCUT2D eigenvalue weighted by atomic mass is 10.2. The largest absolute Gasteiger partial charge is 0.335 e. The standard InChI is InChI=1S/C20H24ClN3O2S/c1-4-11-24(12-17-9-10-18(21)27-17)14-20(26)23(3)13-19(25)22-16-7-5-15(2)6-8-16/h4-10H,1,11-14H2,2-3H3,(H,22,25). The number of amides is 2. The molecule has 144 valence electrons. The molecule has 0 unspecified atom stereocenters. The molecule has 0 atom stereocenters. The fourth-order valence-corrected chi connectivity index (χ4v) is 3.61. The topological polar surface area (TPSA) is 52.7 Å². The molecule has 0 saturated heterocycles. The first-order valence-corrected chi connectivity index (χ1v) is 9.74. The minimum absolute atomic E-state index is 0.000527.